The summed E-state index contributed by atoms with van der Waals surface area (Å²) < 4.78 is 0. The minimum absolute atomic E-state index is 0.378. The van der Waals surface area contributed by atoms with Gasteiger partial charge in [-0.25, -0.2) is 9.97 Å². The molecule has 0 radical (unpaired) electrons. The van der Waals surface area contributed by atoms with E-state index in [0.29, 0.717) is 5.69 Å². The van der Waals surface area contributed by atoms with Gasteiger partial charge in [0.15, 0.2) is 5.65 Å². The van der Waals surface area contributed by atoms with Crippen molar-refractivity contribution in [2.75, 3.05) is 0 Å². The molecule has 0 unspecified atom stereocenters. The van der Waals surface area contributed by atoms with Crippen LogP contribution < -0.4 is 0 Å². The van der Waals surface area contributed by atoms with Crippen LogP contribution in [-0.4, -0.2) is 27.4 Å². The smallest absolute Gasteiger partial charge is 0.156 e. The maximum atomic E-state index is 7.22. The van der Waals surface area contributed by atoms with Crippen LogP contribution in [-0.2, 0) is 6.42 Å². The van der Waals surface area contributed by atoms with Gasteiger partial charge in [0.2, 0.25) is 0 Å². The third-order valence-corrected chi connectivity index (χ3v) is 2.56. The number of rotatable bonds is 4. The molecular formula is C11H13N5. The summed E-state index contributed by atoms with van der Waals surface area (Å²) in [6.45, 7) is 2.06. The number of aromatic amines is 1. The topological polar surface area (TPSA) is 89.3 Å². The van der Waals surface area contributed by atoms with Crippen molar-refractivity contribution in [2.45, 2.75) is 19.3 Å². The largest absolute Gasteiger partial charge is 0.345 e. The van der Waals surface area contributed by atoms with E-state index < -0.39 is 0 Å². The van der Waals surface area contributed by atoms with Crippen molar-refractivity contribution in [3.63, 3.8) is 0 Å². The third kappa shape index (κ3) is 1.60. The number of hydrogen-bond acceptors (Lipinski definition) is 4. The van der Waals surface area contributed by atoms with E-state index in [4.69, 9.17) is 10.8 Å². The van der Waals surface area contributed by atoms with Crippen LogP contribution in [0.25, 0.3) is 11.2 Å². The first kappa shape index (κ1) is 10.5. The summed E-state index contributed by atoms with van der Waals surface area (Å²) >= 11 is 0. The molecule has 0 saturated carbocycles. The highest BCUT2D eigenvalue weighted by Crippen LogP contribution is 2.17. The molecule has 5 nitrogen and oxygen atoms in total. The minimum atomic E-state index is -0.378. The number of hydrogen-bond donors (Lipinski definition) is 3. The summed E-state index contributed by atoms with van der Waals surface area (Å²) in [5.41, 5.74) is 3.35. The van der Waals surface area contributed by atoms with Gasteiger partial charge in [-0.1, -0.05) is 6.92 Å². The molecule has 16 heavy (non-hydrogen) atoms. The Morgan fingerprint density at radius 2 is 2.19 bits per heavy atom. The molecule has 0 aliphatic carbocycles. The fourth-order valence-corrected chi connectivity index (χ4v) is 1.61. The average Bonchev–Trinajstić information content (AvgIpc) is 2.73. The van der Waals surface area contributed by atoms with Crippen molar-refractivity contribution in [2.24, 2.45) is 0 Å². The van der Waals surface area contributed by atoms with Crippen molar-refractivity contribution in [3.05, 3.63) is 23.7 Å². The van der Waals surface area contributed by atoms with Gasteiger partial charge < -0.3 is 15.8 Å². The molecule has 0 amide bonds. The van der Waals surface area contributed by atoms with Crippen molar-refractivity contribution >= 4 is 23.6 Å². The second-order valence-electron chi connectivity index (χ2n) is 3.52. The Kier molecular flexibility index (Phi) is 2.76. The Bertz CT molecular complexity index is 520. The maximum absolute atomic E-state index is 7.22. The zero-order chi connectivity index (χ0) is 11.5. The zero-order valence-electron chi connectivity index (χ0n) is 8.99. The van der Waals surface area contributed by atoms with E-state index in [1.165, 1.54) is 12.4 Å². The van der Waals surface area contributed by atoms with Crippen LogP contribution in [0.15, 0.2) is 12.4 Å². The summed E-state index contributed by atoms with van der Waals surface area (Å²) in [6.07, 6.45) is 6.79. The number of nitrogens with one attached hydrogen (secondary N) is 3. The molecule has 2 aromatic rings. The highest BCUT2D eigenvalue weighted by molar-refractivity contribution is 5.87. The lowest BCUT2D eigenvalue weighted by Crippen LogP contribution is -2.04. The van der Waals surface area contributed by atoms with Gasteiger partial charge in [0, 0.05) is 18.6 Å². The Morgan fingerprint density at radius 1 is 1.44 bits per heavy atom. The quantitative estimate of drug-likeness (QED) is 0.680. The second-order valence-corrected chi connectivity index (χ2v) is 3.52. The molecule has 0 spiro atoms. The minimum Gasteiger partial charge on any atom is -0.345 e. The SMILES string of the molecule is CCc1c[nH]c2ncc(C(C=N)C=N)nc12. The monoisotopic (exact) mass is 215 g/mol. The average molecular weight is 215 g/mol. The third-order valence-electron chi connectivity index (χ3n) is 2.56. The second kappa shape index (κ2) is 4.22. The molecule has 0 aliphatic rings. The van der Waals surface area contributed by atoms with Gasteiger partial charge in [-0.05, 0) is 12.0 Å². The summed E-state index contributed by atoms with van der Waals surface area (Å²) in [5.74, 6) is -0.378. The molecule has 0 fully saturated rings. The maximum Gasteiger partial charge on any atom is 0.156 e. The van der Waals surface area contributed by atoms with Crippen LogP contribution in [0.3, 0.4) is 0 Å². The molecule has 0 saturated heterocycles. The first-order valence-corrected chi connectivity index (χ1v) is 5.14. The lowest BCUT2D eigenvalue weighted by molar-refractivity contribution is 1.07. The number of nitrogens with zero attached hydrogens (tertiary/aromatic N) is 2. The van der Waals surface area contributed by atoms with E-state index in [-0.39, 0.29) is 5.92 Å². The van der Waals surface area contributed by atoms with Crippen LogP contribution in [0.1, 0.15) is 24.1 Å². The van der Waals surface area contributed by atoms with Gasteiger partial charge in [-0.2, -0.15) is 0 Å². The Balaban J connectivity index is 2.56. The van der Waals surface area contributed by atoms with Gasteiger partial charge in [-0.15, -0.1) is 0 Å². The first-order valence-electron chi connectivity index (χ1n) is 5.14. The number of aromatic nitrogens is 3. The number of H-pyrrole nitrogens is 1. The van der Waals surface area contributed by atoms with Crippen molar-refractivity contribution in [1.82, 2.24) is 15.0 Å². The summed E-state index contributed by atoms with van der Waals surface area (Å²) in [6, 6.07) is 0. The molecule has 0 bridgehead atoms. The summed E-state index contributed by atoms with van der Waals surface area (Å²) in [7, 11) is 0. The molecular weight excluding hydrogens is 202 g/mol. The Labute approximate surface area is 93.0 Å². The molecule has 2 heterocycles. The molecule has 0 aromatic carbocycles. The zero-order valence-corrected chi connectivity index (χ0v) is 8.99. The lowest BCUT2D eigenvalue weighted by Gasteiger charge is -2.04. The highest BCUT2D eigenvalue weighted by atomic mass is 14.9. The van der Waals surface area contributed by atoms with Crippen LogP contribution >= 0.6 is 0 Å². The fraction of sp³-hybridized carbons (Fsp3) is 0.273. The van der Waals surface area contributed by atoms with Gasteiger partial charge in [-0.3, -0.25) is 0 Å². The molecule has 5 heteroatoms. The van der Waals surface area contributed by atoms with Crippen LogP contribution in [0.2, 0.25) is 0 Å². The van der Waals surface area contributed by atoms with Crippen molar-refractivity contribution in [3.8, 4) is 0 Å². The van der Waals surface area contributed by atoms with Gasteiger partial charge in [0.1, 0.15) is 5.52 Å². The van der Waals surface area contributed by atoms with Crippen molar-refractivity contribution in [1.29, 1.82) is 10.8 Å². The van der Waals surface area contributed by atoms with E-state index in [9.17, 15) is 0 Å². The van der Waals surface area contributed by atoms with Gasteiger partial charge in [0.25, 0.3) is 0 Å². The molecule has 0 aliphatic heterocycles. The van der Waals surface area contributed by atoms with Crippen LogP contribution in [0, 0.1) is 10.8 Å². The van der Waals surface area contributed by atoms with Crippen molar-refractivity contribution < 1.29 is 0 Å². The van der Waals surface area contributed by atoms with E-state index in [1.807, 2.05) is 6.20 Å². The standard InChI is InChI=1S/C11H13N5/c1-2-7-5-14-11-10(7)16-9(6-15-11)8(3-12)4-13/h3-6,8,12-13H,2H2,1H3,(H,14,15). The number of fused-ring (bicyclic) bond motifs is 1. The molecule has 2 rings (SSSR count). The van der Waals surface area contributed by atoms with E-state index in [1.54, 1.807) is 6.20 Å². The molecule has 3 N–H and O–H groups in total. The fourth-order valence-electron chi connectivity index (χ4n) is 1.61. The predicted molar refractivity (Wildman–Crippen MR) is 63.6 cm³/mol. The van der Waals surface area contributed by atoms with E-state index in [0.717, 1.165) is 23.1 Å². The molecule has 82 valence electrons. The van der Waals surface area contributed by atoms with E-state index >= 15 is 0 Å². The van der Waals surface area contributed by atoms with Gasteiger partial charge >= 0.3 is 0 Å². The molecule has 0 atom stereocenters. The molecule has 2 aromatic heterocycles. The summed E-state index contributed by atoms with van der Waals surface area (Å²) in [5, 5.41) is 14.4. The summed E-state index contributed by atoms with van der Waals surface area (Å²) in [4.78, 5) is 11.7. The first-order chi connectivity index (χ1) is 7.80. The Morgan fingerprint density at radius 3 is 2.81 bits per heavy atom. The normalized spacial score (nSPS) is 12.6. The number of aryl methyl sites for hydroxylation is 1. The van der Waals surface area contributed by atoms with Crippen LogP contribution in [0.4, 0.5) is 0 Å². The van der Waals surface area contributed by atoms with Crippen LogP contribution in [0.5, 0.6) is 0 Å². The van der Waals surface area contributed by atoms with E-state index in [2.05, 4.69) is 21.9 Å². The highest BCUT2D eigenvalue weighted by Gasteiger charge is 2.11. The predicted octanol–water partition coefficient (Wildman–Crippen LogP) is 1.90. The lowest BCUT2D eigenvalue weighted by atomic mass is 10.1. The Hall–Kier alpha value is -2.04. The van der Waals surface area contributed by atoms with Gasteiger partial charge in [0.05, 0.1) is 17.8 Å².